The Bertz CT molecular complexity index is 736. The summed E-state index contributed by atoms with van der Waals surface area (Å²) in [5.74, 6) is 0. The molecule has 2 aromatic heterocycles. The van der Waals surface area contributed by atoms with Gasteiger partial charge in [-0.3, -0.25) is 10.1 Å². The van der Waals surface area contributed by atoms with E-state index < -0.39 is 0 Å². The van der Waals surface area contributed by atoms with E-state index in [4.69, 9.17) is 0 Å². The van der Waals surface area contributed by atoms with Gasteiger partial charge in [-0.05, 0) is 30.3 Å². The molecule has 106 valence electrons. The number of benzene rings is 1. The quantitative estimate of drug-likeness (QED) is 0.578. The van der Waals surface area contributed by atoms with E-state index >= 15 is 0 Å². The Balaban J connectivity index is 1.64. The summed E-state index contributed by atoms with van der Waals surface area (Å²) in [6.07, 6.45) is 3.24. The molecule has 0 saturated carbocycles. The minimum atomic E-state index is -0.375. The summed E-state index contributed by atoms with van der Waals surface area (Å²) in [5.41, 5.74) is 1.80. The van der Waals surface area contributed by atoms with E-state index in [1.165, 1.54) is 22.2 Å². The summed E-state index contributed by atoms with van der Waals surface area (Å²) in [7, 11) is 0. The zero-order chi connectivity index (χ0) is 14.7. The van der Waals surface area contributed by atoms with E-state index in [-0.39, 0.29) is 9.92 Å². The summed E-state index contributed by atoms with van der Waals surface area (Å²) in [4.78, 5) is 12.7. The maximum absolute atomic E-state index is 10.6. The molecule has 0 saturated heterocycles. The van der Waals surface area contributed by atoms with Crippen molar-refractivity contribution in [1.29, 1.82) is 0 Å². The van der Waals surface area contributed by atoms with Gasteiger partial charge >= 0.3 is 5.00 Å². The molecule has 7 nitrogen and oxygen atoms in total. The number of aromatic nitrogens is 3. The average molecular weight is 301 g/mol. The lowest BCUT2D eigenvalue weighted by molar-refractivity contribution is -0.380. The van der Waals surface area contributed by atoms with Gasteiger partial charge in [-0.25, -0.2) is 0 Å². The first kappa shape index (κ1) is 13.3. The predicted octanol–water partition coefficient (Wildman–Crippen LogP) is 2.85. The molecule has 0 radical (unpaired) electrons. The van der Waals surface area contributed by atoms with E-state index in [1.807, 2.05) is 24.3 Å². The van der Waals surface area contributed by atoms with Crippen LogP contribution in [0.2, 0.25) is 0 Å². The van der Waals surface area contributed by atoms with Crippen LogP contribution in [0.5, 0.6) is 0 Å². The molecule has 8 heteroatoms. The van der Waals surface area contributed by atoms with Crippen LogP contribution in [0.3, 0.4) is 0 Å². The van der Waals surface area contributed by atoms with Gasteiger partial charge in [0.25, 0.3) is 0 Å². The fraction of sp³-hybridized carbons (Fsp3) is 0.0769. The topological polar surface area (TPSA) is 85.9 Å². The van der Waals surface area contributed by atoms with Crippen molar-refractivity contribution >= 4 is 22.0 Å². The molecule has 0 aliphatic carbocycles. The minimum absolute atomic E-state index is 0.159. The molecule has 0 atom stereocenters. The van der Waals surface area contributed by atoms with Crippen molar-refractivity contribution in [3.63, 3.8) is 0 Å². The number of anilines is 1. The van der Waals surface area contributed by atoms with Crippen molar-refractivity contribution in [2.24, 2.45) is 0 Å². The fourth-order valence-electron chi connectivity index (χ4n) is 1.81. The maximum Gasteiger partial charge on any atom is 0.324 e. The molecule has 1 aromatic carbocycles. The van der Waals surface area contributed by atoms with Crippen LogP contribution in [0.15, 0.2) is 48.8 Å². The van der Waals surface area contributed by atoms with Gasteiger partial charge in [-0.15, -0.1) is 0 Å². The number of nitrogens with zero attached hydrogens (tertiary/aromatic N) is 4. The smallest absolute Gasteiger partial charge is 0.324 e. The third-order valence-electron chi connectivity index (χ3n) is 2.81. The second-order valence-corrected chi connectivity index (χ2v) is 5.36. The van der Waals surface area contributed by atoms with Gasteiger partial charge in [0, 0.05) is 23.2 Å². The van der Waals surface area contributed by atoms with Crippen LogP contribution >= 0.6 is 11.3 Å². The molecule has 0 spiro atoms. The van der Waals surface area contributed by atoms with Crippen molar-refractivity contribution in [3.8, 4) is 5.69 Å². The highest BCUT2D eigenvalue weighted by Gasteiger charge is 2.09. The Morgan fingerprint density at radius 1 is 1.14 bits per heavy atom. The Labute approximate surface area is 124 Å². The van der Waals surface area contributed by atoms with Crippen molar-refractivity contribution in [3.05, 3.63) is 63.8 Å². The van der Waals surface area contributed by atoms with Crippen LogP contribution in [0.25, 0.3) is 5.69 Å². The second-order valence-electron chi connectivity index (χ2n) is 4.22. The van der Waals surface area contributed by atoms with Gasteiger partial charge in [0.15, 0.2) is 0 Å². The van der Waals surface area contributed by atoms with Crippen LogP contribution in [0.4, 0.5) is 10.7 Å². The van der Waals surface area contributed by atoms with Crippen molar-refractivity contribution in [1.82, 2.24) is 15.0 Å². The van der Waals surface area contributed by atoms with Crippen molar-refractivity contribution in [2.75, 3.05) is 5.32 Å². The first-order chi connectivity index (χ1) is 10.2. The summed E-state index contributed by atoms with van der Waals surface area (Å²) in [6, 6.07) is 10.9. The summed E-state index contributed by atoms with van der Waals surface area (Å²) in [6.45, 7) is 0.553. The molecule has 0 aliphatic heterocycles. The minimum Gasteiger partial charge on any atom is -0.380 e. The van der Waals surface area contributed by atoms with Gasteiger partial charge in [0.05, 0.1) is 23.0 Å². The molecule has 0 unspecified atom stereocenters. The lowest BCUT2D eigenvalue weighted by Crippen LogP contribution is -2.00. The maximum atomic E-state index is 10.6. The molecular formula is C13H11N5O2S. The molecule has 0 bridgehead atoms. The summed E-state index contributed by atoms with van der Waals surface area (Å²) in [5, 5.41) is 22.1. The largest absolute Gasteiger partial charge is 0.380 e. The number of hydrogen-bond acceptors (Lipinski definition) is 6. The molecule has 2 heterocycles. The van der Waals surface area contributed by atoms with Crippen molar-refractivity contribution in [2.45, 2.75) is 6.54 Å². The Morgan fingerprint density at radius 2 is 1.86 bits per heavy atom. The van der Waals surface area contributed by atoms with Gasteiger partial charge < -0.3 is 5.32 Å². The zero-order valence-electron chi connectivity index (χ0n) is 10.8. The first-order valence-electron chi connectivity index (χ1n) is 6.16. The van der Waals surface area contributed by atoms with E-state index in [0.29, 0.717) is 6.54 Å². The lowest BCUT2D eigenvalue weighted by atomic mass is 10.3. The van der Waals surface area contributed by atoms with E-state index in [0.717, 1.165) is 16.3 Å². The van der Waals surface area contributed by atoms with E-state index in [2.05, 4.69) is 15.5 Å². The predicted molar refractivity (Wildman–Crippen MR) is 79.7 cm³/mol. The van der Waals surface area contributed by atoms with Crippen LogP contribution in [-0.2, 0) is 6.54 Å². The third-order valence-corrected chi connectivity index (χ3v) is 3.85. The van der Waals surface area contributed by atoms with Gasteiger partial charge in [-0.1, -0.05) is 11.3 Å². The van der Waals surface area contributed by atoms with Crippen molar-refractivity contribution < 1.29 is 4.92 Å². The third kappa shape index (κ3) is 3.06. The number of nitro groups is 1. The lowest BCUT2D eigenvalue weighted by Gasteiger charge is -2.05. The molecule has 1 N–H and O–H groups in total. The molecule has 0 amide bonds. The normalized spacial score (nSPS) is 10.5. The number of rotatable bonds is 5. The molecule has 0 fully saturated rings. The van der Waals surface area contributed by atoms with Gasteiger partial charge in [0.1, 0.15) is 0 Å². The highest BCUT2D eigenvalue weighted by molar-refractivity contribution is 7.15. The van der Waals surface area contributed by atoms with Crippen LogP contribution in [0, 0.1) is 10.1 Å². The average Bonchev–Trinajstić information content (AvgIpc) is 3.17. The molecule has 21 heavy (non-hydrogen) atoms. The van der Waals surface area contributed by atoms with E-state index in [1.54, 1.807) is 18.5 Å². The van der Waals surface area contributed by atoms with E-state index in [9.17, 15) is 10.1 Å². The molecular weight excluding hydrogens is 290 g/mol. The Kier molecular flexibility index (Phi) is 3.61. The summed E-state index contributed by atoms with van der Waals surface area (Å²) < 4.78 is 0. The highest BCUT2D eigenvalue weighted by atomic mass is 32.1. The van der Waals surface area contributed by atoms with Crippen LogP contribution in [0.1, 0.15) is 4.88 Å². The van der Waals surface area contributed by atoms with Gasteiger partial charge in [0.2, 0.25) is 0 Å². The van der Waals surface area contributed by atoms with Crippen LogP contribution in [-0.4, -0.2) is 19.9 Å². The molecule has 3 rings (SSSR count). The molecule has 0 aliphatic rings. The molecule has 3 aromatic rings. The SMILES string of the molecule is O=[N+]([O-])c1ccc(CNc2ccc(-n3nccn3)cc2)s1. The number of hydrogen-bond donors (Lipinski definition) is 1. The monoisotopic (exact) mass is 301 g/mol. The highest BCUT2D eigenvalue weighted by Crippen LogP contribution is 2.24. The fourth-order valence-corrected chi connectivity index (χ4v) is 2.57. The Morgan fingerprint density at radius 3 is 2.48 bits per heavy atom. The standard InChI is InChI=1S/C13H11N5O2S/c19-18(20)13-6-5-12(21-13)9-14-10-1-3-11(4-2-10)17-15-7-8-16-17/h1-8,14H,9H2. The zero-order valence-corrected chi connectivity index (χ0v) is 11.7. The van der Waals surface area contributed by atoms with Crippen LogP contribution < -0.4 is 5.32 Å². The summed E-state index contributed by atoms with van der Waals surface area (Å²) >= 11 is 1.18. The number of thiophene rings is 1. The Hall–Kier alpha value is -2.74. The second kappa shape index (κ2) is 5.71. The first-order valence-corrected chi connectivity index (χ1v) is 6.98. The van der Waals surface area contributed by atoms with Gasteiger partial charge in [-0.2, -0.15) is 15.0 Å². The number of nitrogens with one attached hydrogen (secondary N) is 1.